The molecule has 1 aliphatic carbocycles. The summed E-state index contributed by atoms with van der Waals surface area (Å²) in [6.07, 6.45) is 8.57. The van der Waals surface area contributed by atoms with Crippen LogP contribution in [0.2, 0.25) is 0 Å². The molecule has 0 radical (unpaired) electrons. The highest BCUT2D eigenvalue weighted by Crippen LogP contribution is 2.33. The Hall–Kier alpha value is -2.34. The molecule has 6 heteroatoms. The van der Waals surface area contributed by atoms with Crippen LogP contribution in [0.3, 0.4) is 0 Å². The summed E-state index contributed by atoms with van der Waals surface area (Å²) in [6, 6.07) is 6.37. The topological polar surface area (TPSA) is 56.8 Å². The second-order valence-corrected chi connectivity index (χ2v) is 6.45. The van der Waals surface area contributed by atoms with E-state index in [1.54, 1.807) is 7.11 Å². The van der Waals surface area contributed by atoms with Crippen molar-refractivity contribution in [1.29, 1.82) is 0 Å². The molecule has 4 rings (SSSR count). The van der Waals surface area contributed by atoms with Crippen molar-refractivity contribution in [3.8, 4) is 0 Å². The Balaban J connectivity index is 1.62. The van der Waals surface area contributed by atoms with Gasteiger partial charge < -0.3 is 14.5 Å². The van der Waals surface area contributed by atoms with Gasteiger partial charge in [-0.3, -0.25) is 10.1 Å². The van der Waals surface area contributed by atoms with Crippen molar-refractivity contribution < 1.29 is 4.74 Å². The number of nitrogens with one attached hydrogen (secondary N) is 1. The zero-order valence-corrected chi connectivity index (χ0v) is 14.0. The van der Waals surface area contributed by atoms with Gasteiger partial charge in [0.25, 0.3) is 0 Å². The van der Waals surface area contributed by atoms with Crippen molar-refractivity contribution in [1.82, 2.24) is 15.1 Å². The molecule has 1 saturated carbocycles. The maximum Gasteiger partial charge on any atom is 0.116 e. The summed E-state index contributed by atoms with van der Waals surface area (Å²) in [5.74, 6) is 2.02. The van der Waals surface area contributed by atoms with E-state index in [2.05, 4.69) is 49.3 Å². The van der Waals surface area contributed by atoms with Gasteiger partial charge >= 0.3 is 0 Å². The number of methoxy groups -OCH3 is 1. The minimum Gasteiger partial charge on any atom is -0.383 e. The lowest BCUT2D eigenvalue weighted by atomic mass is 10.2. The molecule has 0 spiro atoms. The summed E-state index contributed by atoms with van der Waals surface area (Å²) >= 11 is 0. The number of ether oxygens (including phenoxy) is 1. The minimum atomic E-state index is 0.642. The van der Waals surface area contributed by atoms with E-state index in [0.717, 1.165) is 42.2 Å². The largest absolute Gasteiger partial charge is 0.383 e. The van der Waals surface area contributed by atoms with E-state index in [1.165, 1.54) is 18.7 Å². The lowest BCUT2D eigenvalue weighted by Crippen LogP contribution is -2.40. The van der Waals surface area contributed by atoms with Crippen LogP contribution < -0.4 is 4.90 Å². The van der Waals surface area contributed by atoms with Gasteiger partial charge in [-0.25, -0.2) is 0 Å². The molecule has 1 fully saturated rings. The number of allylic oxidation sites excluding steroid dienone is 1. The maximum absolute atomic E-state index is 5.32. The Bertz CT molecular complexity index is 762. The number of rotatable bonds is 7. The van der Waals surface area contributed by atoms with Gasteiger partial charge in [-0.1, -0.05) is 0 Å². The fraction of sp³-hybridized carbons (Fsp3) is 0.444. The first kappa shape index (κ1) is 15.2. The first-order chi connectivity index (χ1) is 11.8. The predicted octanol–water partition coefficient (Wildman–Crippen LogP) is 2.61. The highest BCUT2D eigenvalue weighted by atomic mass is 16.5. The summed E-state index contributed by atoms with van der Waals surface area (Å²) in [5.41, 5.74) is 2.20. The first-order valence-corrected chi connectivity index (χ1v) is 8.50. The number of benzene rings is 1. The van der Waals surface area contributed by atoms with Crippen LogP contribution in [0.5, 0.6) is 0 Å². The number of hydrogen-bond donors (Lipinski definition) is 1. The molecule has 2 aromatic rings. The SMILES string of the molecule is COCCN(CC1CC1)C1=CC=NCN1c1ccc2[nH]ncc2c1. The normalized spacial score (nSPS) is 17.4. The van der Waals surface area contributed by atoms with E-state index in [9.17, 15) is 0 Å². The number of aromatic amines is 1. The van der Waals surface area contributed by atoms with Gasteiger partial charge in [0.15, 0.2) is 0 Å². The Morgan fingerprint density at radius 1 is 1.38 bits per heavy atom. The van der Waals surface area contributed by atoms with Gasteiger partial charge in [0, 0.05) is 37.5 Å². The van der Waals surface area contributed by atoms with Crippen molar-refractivity contribution in [3.05, 3.63) is 36.3 Å². The van der Waals surface area contributed by atoms with Crippen LogP contribution in [0.25, 0.3) is 10.9 Å². The first-order valence-electron chi connectivity index (χ1n) is 8.50. The van der Waals surface area contributed by atoms with E-state index in [4.69, 9.17) is 4.74 Å². The monoisotopic (exact) mass is 325 g/mol. The van der Waals surface area contributed by atoms with Crippen molar-refractivity contribution in [2.75, 3.05) is 38.4 Å². The van der Waals surface area contributed by atoms with Gasteiger partial charge in [-0.05, 0) is 43.0 Å². The number of aliphatic imine (C=N–C) groups is 1. The average molecular weight is 325 g/mol. The third-order valence-corrected chi connectivity index (χ3v) is 4.63. The number of aromatic nitrogens is 2. The quantitative estimate of drug-likeness (QED) is 0.850. The third-order valence-electron chi connectivity index (χ3n) is 4.63. The maximum atomic E-state index is 5.32. The van der Waals surface area contributed by atoms with Gasteiger partial charge in [0.1, 0.15) is 12.5 Å². The van der Waals surface area contributed by atoms with Crippen molar-refractivity contribution in [2.45, 2.75) is 12.8 Å². The average Bonchev–Trinajstić information content (AvgIpc) is 3.32. The second-order valence-electron chi connectivity index (χ2n) is 6.45. The summed E-state index contributed by atoms with van der Waals surface area (Å²) in [4.78, 5) is 9.16. The predicted molar refractivity (Wildman–Crippen MR) is 96.2 cm³/mol. The molecule has 24 heavy (non-hydrogen) atoms. The molecular weight excluding hydrogens is 302 g/mol. The summed E-state index contributed by atoms with van der Waals surface area (Å²) in [7, 11) is 1.76. The van der Waals surface area contributed by atoms with Gasteiger partial charge in [-0.2, -0.15) is 5.10 Å². The van der Waals surface area contributed by atoms with Crippen LogP contribution in [0.15, 0.2) is 41.3 Å². The Morgan fingerprint density at radius 3 is 3.12 bits per heavy atom. The molecule has 1 N–H and O–H groups in total. The smallest absolute Gasteiger partial charge is 0.116 e. The highest BCUT2D eigenvalue weighted by molar-refractivity contribution is 5.83. The van der Waals surface area contributed by atoms with Gasteiger partial charge in [0.2, 0.25) is 0 Å². The van der Waals surface area contributed by atoms with Crippen LogP contribution in [-0.4, -0.2) is 54.8 Å². The zero-order valence-electron chi connectivity index (χ0n) is 14.0. The molecule has 0 bridgehead atoms. The lowest BCUT2D eigenvalue weighted by molar-refractivity contribution is 0.160. The molecule has 126 valence electrons. The summed E-state index contributed by atoms with van der Waals surface area (Å²) in [6.45, 7) is 3.36. The van der Waals surface area contributed by atoms with E-state index in [1.807, 2.05) is 12.4 Å². The highest BCUT2D eigenvalue weighted by Gasteiger charge is 2.28. The van der Waals surface area contributed by atoms with E-state index in [0.29, 0.717) is 6.67 Å². The van der Waals surface area contributed by atoms with Gasteiger partial charge in [-0.15, -0.1) is 0 Å². The zero-order chi connectivity index (χ0) is 16.4. The molecule has 1 aliphatic heterocycles. The van der Waals surface area contributed by atoms with Crippen molar-refractivity contribution >= 4 is 22.8 Å². The summed E-state index contributed by atoms with van der Waals surface area (Å²) < 4.78 is 5.32. The molecule has 0 unspecified atom stereocenters. The number of fused-ring (bicyclic) bond motifs is 1. The molecular formula is C18H23N5O. The molecule has 1 aromatic carbocycles. The molecule has 6 nitrogen and oxygen atoms in total. The van der Waals surface area contributed by atoms with E-state index >= 15 is 0 Å². The number of nitrogens with zero attached hydrogens (tertiary/aromatic N) is 4. The van der Waals surface area contributed by atoms with Gasteiger partial charge in [0.05, 0.1) is 18.3 Å². The lowest BCUT2D eigenvalue weighted by Gasteiger charge is -2.36. The van der Waals surface area contributed by atoms with Crippen molar-refractivity contribution in [2.24, 2.45) is 10.9 Å². The van der Waals surface area contributed by atoms with E-state index < -0.39 is 0 Å². The third kappa shape index (κ3) is 3.14. The summed E-state index contributed by atoms with van der Waals surface area (Å²) in [5, 5.41) is 8.24. The van der Waals surface area contributed by atoms with Crippen LogP contribution >= 0.6 is 0 Å². The molecule has 0 amide bonds. The number of H-pyrrole nitrogens is 1. The van der Waals surface area contributed by atoms with Crippen LogP contribution in [0, 0.1) is 5.92 Å². The fourth-order valence-electron chi connectivity index (χ4n) is 3.11. The van der Waals surface area contributed by atoms with E-state index in [-0.39, 0.29) is 0 Å². The van der Waals surface area contributed by atoms with Crippen molar-refractivity contribution in [3.63, 3.8) is 0 Å². The molecule has 2 aliphatic rings. The number of hydrogen-bond acceptors (Lipinski definition) is 5. The Morgan fingerprint density at radius 2 is 2.29 bits per heavy atom. The number of anilines is 1. The molecule has 0 atom stereocenters. The second kappa shape index (κ2) is 6.65. The molecule has 0 saturated heterocycles. The Kier molecular flexibility index (Phi) is 4.21. The standard InChI is InChI=1S/C18H23N5O/c1-24-9-8-22(12-14-2-3-14)18-6-7-19-13-23(18)16-4-5-17-15(10-16)11-20-21-17/h4-7,10-11,14H,2-3,8-9,12-13H2,1H3,(H,20,21). The van der Waals surface area contributed by atoms with Crippen LogP contribution in [-0.2, 0) is 4.74 Å². The van der Waals surface area contributed by atoms with Crippen LogP contribution in [0.4, 0.5) is 5.69 Å². The van der Waals surface area contributed by atoms with Crippen LogP contribution in [0.1, 0.15) is 12.8 Å². The Labute approximate surface area is 141 Å². The molecule has 1 aromatic heterocycles. The fourth-order valence-corrected chi connectivity index (χ4v) is 3.11. The molecule has 2 heterocycles. The minimum absolute atomic E-state index is 0.642.